The van der Waals surface area contributed by atoms with Gasteiger partial charge in [0, 0.05) is 12.0 Å². The van der Waals surface area contributed by atoms with Gasteiger partial charge in [-0.1, -0.05) is 31.8 Å². The summed E-state index contributed by atoms with van der Waals surface area (Å²) in [6, 6.07) is 3.95. The lowest BCUT2D eigenvalue weighted by molar-refractivity contribution is 0.0815. The predicted octanol–water partition coefficient (Wildman–Crippen LogP) is 3.65. The van der Waals surface area contributed by atoms with Crippen LogP contribution in [0.5, 0.6) is 0 Å². The fourth-order valence-corrected chi connectivity index (χ4v) is 3.31. The standard InChI is InChI=1S/C18H27N3O3/c1-13(2)18-19-17(20-24-18)12-21-9-5-3-4-7-14(21)11-15(22)16-8-6-10-23-16/h6,8,10,13-15,22H,3-5,7,9,11-12H2,1-2H3. The highest BCUT2D eigenvalue weighted by Gasteiger charge is 2.26. The molecule has 1 aliphatic rings. The van der Waals surface area contributed by atoms with Crippen molar-refractivity contribution >= 4 is 0 Å². The molecule has 0 saturated carbocycles. The van der Waals surface area contributed by atoms with E-state index in [2.05, 4.69) is 15.0 Å². The van der Waals surface area contributed by atoms with E-state index >= 15 is 0 Å². The van der Waals surface area contributed by atoms with Crippen molar-refractivity contribution in [1.82, 2.24) is 15.0 Å². The molecule has 1 fully saturated rings. The first-order valence-corrected chi connectivity index (χ1v) is 8.91. The maximum Gasteiger partial charge on any atom is 0.229 e. The Labute approximate surface area is 142 Å². The van der Waals surface area contributed by atoms with Gasteiger partial charge in [-0.25, -0.2) is 0 Å². The van der Waals surface area contributed by atoms with Crippen molar-refractivity contribution in [3.8, 4) is 0 Å². The minimum Gasteiger partial charge on any atom is -0.467 e. The van der Waals surface area contributed by atoms with Gasteiger partial charge >= 0.3 is 0 Å². The molecule has 0 radical (unpaired) electrons. The normalized spacial score (nSPS) is 21.1. The average molecular weight is 333 g/mol. The van der Waals surface area contributed by atoms with Crippen LogP contribution in [0.1, 0.15) is 75.4 Å². The van der Waals surface area contributed by atoms with Gasteiger partial charge in [-0.05, 0) is 37.9 Å². The maximum absolute atomic E-state index is 10.4. The Bertz CT molecular complexity index is 609. The molecule has 0 aliphatic carbocycles. The Morgan fingerprint density at radius 1 is 1.33 bits per heavy atom. The number of hydrogen-bond acceptors (Lipinski definition) is 6. The molecule has 24 heavy (non-hydrogen) atoms. The summed E-state index contributed by atoms with van der Waals surface area (Å²) < 4.78 is 10.7. The topological polar surface area (TPSA) is 75.5 Å². The fraction of sp³-hybridized carbons (Fsp3) is 0.667. The van der Waals surface area contributed by atoms with Crippen molar-refractivity contribution in [2.45, 2.75) is 70.6 Å². The molecule has 0 amide bonds. The van der Waals surface area contributed by atoms with E-state index in [1.165, 1.54) is 19.3 Å². The lowest BCUT2D eigenvalue weighted by atomic mass is 10.0. The van der Waals surface area contributed by atoms with Crippen LogP contribution in [-0.4, -0.2) is 32.7 Å². The lowest BCUT2D eigenvalue weighted by Crippen LogP contribution is -2.36. The molecule has 3 heterocycles. The van der Waals surface area contributed by atoms with Crippen LogP contribution in [0.2, 0.25) is 0 Å². The number of furan rings is 1. The quantitative estimate of drug-likeness (QED) is 0.869. The van der Waals surface area contributed by atoms with Crippen molar-refractivity contribution in [3.05, 3.63) is 35.9 Å². The molecule has 2 atom stereocenters. The second-order valence-corrected chi connectivity index (χ2v) is 6.94. The van der Waals surface area contributed by atoms with Crippen LogP contribution < -0.4 is 0 Å². The Morgan fingerprint density at radius 2 is 2.21 bits per heavy atom. The molecule has 0 bridgehead atoms. The monoisotopic (exact) mass is 333 g/mol. The lowest BCUT2D eigenvalue weighted by Gasteiger charge is -2.30. The molecule has 1 saturated heterocycles. The van der Waals surface area contributed by atoms with Crippen molar-refractivity contribution in [2.24, 2.45) is 0 Å². The smallest absolute Gasteiger partial charge is 0.229 e. The first-order chi connectivity index (χ1) is 11.6. The zero-order valence-corrected chi connectivity index (χ0v) is 14.5. The molecule has 1 aliphatic heterocycles. The van der Waals surface area contributed by atoms with E-state index in [1.807, 2.05) is 26.0 Å². The number of aromatic nitrogens is 2. The highest BCUT2D eigenvalue weighted by atomic mass is 16.5. The van der Waals surface area contributed by atoms with Crippen LogP contribution in [-0.2, 0) is 6.54 Å². The van der Waals surface area contributed by atoms with E-state index in [9.17, 15) is 5.11 Å². The second kappa shape index (κ2) is 7.94. The molecule has 2 aromatic heterocycles. The molecule has 6 heteroatoms. The van der Waals surface area contributed by atoms with Crippen molar-refractivity contribution in [3.63, 3.8) is 0 Å². The summed E-state index contributed by atoms with van der Waals surface area (Å²) in [5, 5.41) is 14.6. The first kappa shape index (κ1) is 17.2. The minimum absolute atomic E-state index is 0.243. The van der Waals surface area contributed by atoms with Crippen LogP contribution in [0.3, 0.4) is 0 Å². The van der Waals surface area contributed by atoms with Crippen molar-refractivity contribution in [1.29, 1.82) is 0 Å². The summed E-state index contributed by atoms with van der Waals surface area (Å²) in [4.78, 5) is 6.88. The van der Waals surface area contributed by atoms with E-state index in [0.29, 0.717) is 30.7 Å². The van der Waals surface area contributed by atoms with Crippen molar-refractivity contribution in [2.75, 3.05) is 6.54 Å². The number of aliphatic hydroxyl groups is 1. The van der Waals surface area contributed by atoms with Crippen LogP contribution in [0, 0.1) is 0 Å². The van der Waals surface area contributed by atoms with E-state index in [1.54, 1.807) is 6.26 Å². The van der Waals surface area contributed by atoms with E-state index in [0.717, 1.165) is 18.8 Å². The third-order valence-electron chi connectivity index (χ3n) is 4.69. The molecule has 2 unspecified atom stereocenters. The number of likely N-dealkylation sites (tertiary alicyclic amines) is 1. The zero-order chi connectivity index (χ0) is 16.9. The van der Waals surface area contributed by atoms with Gasteiger partial charge < -0.3 is 14.0 Å². The molecular weight excluding hydrogens is 306 g/mol. The molecule has 3 rings (SSSR count). The third kappa shape index (κ3) is 4.24. The number of nitrogens with zero attached hydrogens (tertiary/aromatic N) is 3. The van der Waals surface area contributed by atoms with E-state index in [-0.39, 0.29) is 5.92 Å². The Hall–Kier alpha value is -1.66. The number of rotatable bonds is 6. The molecule has 0 spiro atoms. The van der Waals surface area contributed by atoms with E-state index < -0.39 is 6.10 Å². The van der Waals surface area contributed by atoms with E-state index in [4.69, 9.17) is 8.94 Å². The average Bonchev–Trinajstić information content (AvgIpc) is 3.20. The van der Waals surface area contributed by atoms with Gasteiger partial charge in [0.1, 0.15) is 11.9 Å². The second-order valence-electron chi connectivity index (χ2n) is 6.94. The molecule has 0 aromatic carbocycles. The predicted molar refractivity (Wildman–Crippen MR) is 89.3 cm³/mol. The fourth-order valence-electron chi connectivity index (χ4n) is 3.31. The third-order valence-corrected chi connectivity index (χ3v) is 4.69. The Kier molecular flexibility index (Phi) is 5.68. The van der Waals surface area contributed by atoms with Crippen LogP contribution in [0.25, 0.3) is 0 Å². The SMILES string of the molecule is CC(C)c1nc(CN2CCCCCC2CC(O)c2ccco2)no1. The summed E-state index contributed by atoms with van der Waals surface area (Å²) in [5.74, 6) is 2.30. The molecular formula is C18H27N3O3. The molecule has 1 N–H and O–H groups in total. The Morgan fingerprint density at radius 3 is 2.92 bits per heavy atom. The van der Waals surface area contributed by atoms with Gasteiger partial charge in [0.05, 0.1) is 12.8 Å². The zero-order valence-electron chi connectivity index (χ0n) is 14.5. The summed E-state index contributed by atoms with van der Waals surface area (Å²) >= 11 is 0. The van der Waals surface area contributed by atoms with Crippen molar-refractivity contribution < 1.29 is 14.0 Å². The summed E-state index contributed by atoms with van der Waals surface area (Å²) in [6.45, 7) is 5.77. The number of aliphatic hydroxyl groups excluding tert-OH is 1. The maximum atomic E-state index is 10.4. The minimum atomic E-state index is -0.568. The molecule has 6 nitrogen and oxygen atoms in total. The largest absolute Gasteiger partial charge is 0.467 e. The highest BCUT2D eigenvalue weighted by Crippen LogP contribution is 2.27. The van der Waals surface area contributed by atoms with Crippen LogP contribution in [0.15, 0.2) is 27.3 Å². The molecule has 132 valence electrons. The highest BCUT2D eigenvalue weighted by molar-refractivity contribution is 5.02. The van der Waals surface area contributed by atoms with Crippen LogP contribution >= 0.6 is 0 Å². The van der Waals surface area contributed by atoms with Gasteiger partial charge in [-0.15, -0.1) is 0 Å². The number of hydrogen-bond donors (Lipinski definition) is 1. The van der Waals surface area contributed by atoms with Crippen LogP contribution in [0.4, 0.5) is 0 Å². The molecule has 2 aromatic rings. The van der Waals surface area contributed by atoms with Gasteiger partial charge in [0.2, 0.25) is 5.89 Å². The van der Waals surface area contributed by atoms with Gasteiger partial charge in [-0.3, -0.25) is 4.90 Å². The van der Waals surface area contributed by atoms with Gasteiger partial charge in [0.15, 0.2) is 5.82 Å². The van der Waals surface area contributed by atoms with Gasteiger partial charge in [-0.2, -0.15) is 4.98 Å². The summed E-state index contributed by atoms with van der Waals surface area (Å²) in [7, 11) is 0. The summed E-state index contributed by atoms with van der Waals surface area (Å²) in [6.07, 6.45) is 6.37. The summed E-state index contributed by atoms with van der Waals surface area (Å²) in [5.41, 5.74) is 0. The first-order valence-electron chi connectivity index (χ1n) is 8.91. The van der Waals surface area contributed by atoms with Gasteiger partial charge in [0.25, 0.3) is 0 Å². The Balaban J connectivity index is 1.67.